The number of methoxy groups -OCH3 is 3. The number of nitrogens with zero attached hydrogens (tertiary/aromatic N) is 8. The van der Waals surface area contributed by atoms with E-state index in [2.05, 4.69) is 304 Å². The molecule has 0 aliphatic carbocycles. The van der Waals surface area contributed by atoms with Crippen LogP contribution < -0.4 is 77.1 Å². The first-order valence-corrected chi connectivity index (χ1v) is 49.1. The first-order chi connectivity index (χ1) is 69.5. The minimum absolute atomic E-state index is 0.252. The van der Waals surface area contributed by atoms with Gasteiger partial charge in [-0.1, -0.05) is 152 Å². The average Bonchev–Trinajstić information content (AvgIpc) is 0.715. The number of fused-ring (bicyclic) bond motifs is 8. The Balaban J connectivity index is 0.000000126. The molecule has 0 amide bonds. The molecule has 17 aromatic rings. The molecule has 4 aliphatic rings. The van der Waals surface area contributed by atoms with Crippen molar-refractivity contribution in [2.45, 2.75) is 88.2 Å². The van der Waals surface area contributed by atoms with Crippen molar-refractivity contribution in [1.29, 1.82) is 0 Å². The zero-order valence-corrected chi connectivity index (χ0v) is 84.8. The number of rotatable bonds is 23. The van der Waals surface area contributed by atoms with Gasteiger partial charge in [0.05, 0.1) is 120 Å². The molecule has 0 aromatic heterocycles. The summed E-state index contributed by atoms with van der Waals surface area (Å²) in [7, 11) is 13.2. The van der Waals surface area contributed by atoms with Gasteiger partial charge in [0, 0.05) is 59.4 Å². The predicted molar refractivity (Wildman–Crippen MR) is 592 cm³/mol. The smallest absolute Gasteiger partial charge is 0.165 e. The molecule has 0 saturated carbocycles. The maximum absolute atomic E-state index is 14.5. The molecular weight excluding hydrogens is 1770 g/mol. The van der Waals surface area contributed by atoms with Crippen molar-refractivity contribution < 1.29 is 42.3 Å². The van der Waals surface area contributed by atoms with Gasteiger partial charge >= 0.3 is 0 Å². The Labute approximate surface area is 841 Å². The molecule has 0 bridgehead atoms. The number of aryl methyl sites for hydroxylation is 3. The van der Waals surface area contributed by atoms with Crippen LogP contribution >= 0.6 is 0 Å². The highest BCUT2D eigenvalue weighted by molar-refractivity contribution is 6.02. The maximum atomic E-state index is 14.5. The monoisotopic (exact) mass is 1890 g/mol. The van der Waals surface area contributed by atoms with Gasteiger partial charge < -0.3 is 77.1 Å². The van der Waals surface area contributed by atoms with E-state index in [4.69, 9.17) is 37.9 Å². The van der Waals surface area contributed by atoms with Crippen molar-refractivity contribution in [2.75, 3.05) is 115 Å². The lowest BCUT2D eigenvalue weighted by atomic mass is 9.95. The van der Waals surface area contributed by atoms with E-state index in [1.165, 1.54) is 142 Å². The van der Waals surface area contributed by atoms with E-state index in [0.717, 1.165) is 110 Å². The number of hydrogen-bond acceptors (Lipinski definition) is 16. The van der Waals surface area contributed by atoms with Crippen LogP contribution in [0.15, 0.2) is 358 Å². The molecule has 0 N–H and O–H groups in total. The van der Waals surface area contributed by atoms with Gasteiger partial charge in [0.1, 0.15) is 57.4 Å². The zero-order valence-electron chi connectivity index (χ0n) is 84.8. The van der Waals surface area contributed by atoms with Crippen LogP contribution in [0.4, 0.5) is 95.4 Å². The Morgan fingerprint density at radius 1 is 0.238 bits per heavy atom. The second kappa shape index (κ2) is 42.7. The quantitative estimate of drug-likeness (QED) is 0.0607. The molecule has 0 atom stereocenters. The number of hydrogen-bond donors (Lipinski definition) is 0. The van der Waals surface area contributed by atoms with Crippen LogP contribution in [0.5, 0.6) is 63.2 Å². The summed E-state index contributed by atoms with van der Waals surface area (Å²) >= 11 is 0. The lowest BCUT2D eigenvalue weighted by Crippen LogP contribution is -2.37. The van der Waals surface area contributed by atoms with Crippen LogP contribution in [0.1, 0.15) is 72.1 Å². The summed E-state index contributed by atoms with van der Waals surface area (Å²) in [5, 5.41) is 0. The molecule has 0 radical (unpaired) electrons. The molecular formula is C126H123FN8O8. The second-order valence-corrected chi connectivity index (χ2v) is 36.5. The van der Waals surface area contributed by atoms with Crippen LogP contribution in [-0.4, -0.2) is 87.9 Å². The predicted octanol–water partition coefficient (Wildman–Crippen LogP) is 33.7. The van der Waals surface area contributed by atoms with Gasteiger partial charge in [-0.05, 0) is 360 Å². The summed E-state index contributed by atoms with van der Waals surface area (Å²) in [4.78, 5) is 18.6. The normalized spacial score (nSPS) is 12.3. The van der Waals surface area contributed by atoms with E-state index in [-0.39, 0.29) is 23.7 Å². The minimum atomic E-state index is -0.370. The third-order valence-corrected chi connectivity index (χ3v) is 26.9. The molecule has 0 saturated heterocycles. The van der Waals surface area contributed by atoms with Crippen LogP contribution in [0.25, 0.3) is 66.8 Å². The molecule has 143 heavy (non-hydrogen) atoms. The van der Waals surface area contributed by atoms with Gasteiger partial charge in [0.15, 0.2) is 17.3 Å². The number of anilines is 16. The lowest BCUT2D eigenvalue weighted by Gasteiger charge is -2.45. The fraction of sp³-hybridized carbons (Fsp3) is 0.190. The van der Waals surface area contributed by atoms with Gasteiger partial charge in [-0.2, -0.15) is 0 Å². The molecule has 4 heterocycles. The van der Waals surface area contributed by atoms with Gasteiger partial charge in [-0.15, -0.1) is 0 Å². The molecule has 21 rings (SSSR count). The Bertz CT molecular complexity index is 7190. The largest absolute Gasteiger partial charge is 0.497 e. The third kappa shape index (κ3) is 20.1. The summed E-state index contributed by atoms with van der Waals surface area (Å²) in [6.07, 6.45) is 0. The fourth-order valence-corrected chi connectivity index (χ4v) is 19.8. The molecule has 16 nitrogen and oxygen atoms in total. The molecule has 0 fully saturated rings. The van der Waals surface area contributed by atoms with Crippen molar-refractivity contribution in [3.63, 3.8) is 0 Å². The van der Waals surface area contributed by atoms with Gasteiger partial charge in [-0.25, -0.2) is 4.39 Å². The van der Waals surface area contributed by atoms with Gasteiger partial charge in [0.25, 0.3) is 0 Å². The molecule has 0 spiro atoms. The van der Waals surface area contributed by atoms with E-state index in [0.29, 0.717) is 13.2 Å². The Morgan fingerprint density at radius 3 is 1.05 bits per heavy atom. The summed E-state index contributed by atoms with van der Waals surface area (Å²) in [6.45, 7) is 26.9. The van der Waals surface area contributed by atoms with E-state index in [1.54, 1.807) is 26.4 Å². The van der Waals surface area contributed by atoms with E-state index < -0.39 is 0 Å². The SMILES string of the molecule is CCOc1ccc(-c2ccc3c(c2)N(CC)c2ccc(-c4ccc(OCC)cc4)cc2N3CC)cc1.COc1cc(C)c(-c2ccc3c(c2)N(C)c2c(Oc4ccccc4)cccc2N3C)cc1F.COc1ccc(-c2ccc3c(c2)N(C)c2ccc(-c4ccc(OC)cc4)cc2N3C)cc1.Cc1cc(Oc2ccccc2)ccc1-c1ccc2c(c1)N(C(C)C)c1c(C)cc(Oc3ccccc3)cc1N2C(C)C. The van der Waals surface area contributed by atoms with Crippen molar-refractivity contribution in [3.05, 3.63) is 380 Å². The fourth-order valence-electron chi connectivity index (χ4n) is 19.8. The number of halogens is 1. The summed E-state index contributed by atoms with van der Waals surface area (Å²) < 4.78 is 60.2. The molecule has 17 aromatic carbocycles. The van der Waals surface area contributed by atoms with Crippen molar-refractivity contribution in [2.24, 2.45) is 0 Å². The van der Waals surface area contributed by atoms with Crippen molar-refractivity contribution in [1.82, 2.24) is 0 Å². The van der Waals surface area contributed by atoms with Crippen molar-refractivity contribution in [3.8, 4) is 130 Å². The lowest BCUT2D eigenvalue weighted by molar-refractivity contribution is 0.340. The average molecular weight is 1900 g/mol. The Morgan fingerprint density at radius 2 is 0.608 bits per heavy atom. The van der Waals surface area contributed by atoms with Crippen LogP contribution in [-0.2, 0) is 0 Å². The Kier molecular flexibility index (Phi) is 28.9. The summed E-state index contributed by atoms with van der Waals surface area (Å²) in [5.74, 6) is 8.35. The van der Waals surface area contributed by atoms with Gasteiger partial charge in [-0.3, -0.25) is 0 Å². The first kappa shape index (κ1) is 96.7. The molecule has 0 unspecified atom stereocenters. The topological polar surface area (TPSA) is 99.8 Å². The molecule has 17 heteroatoms. The van der Waals surface area contributed by atoms with Crippen LogP contribution in [0.3, 0.4) is 0 Å². The van der Waals surface area contributed by atoms with E-state index in [9.17, 15) is 4.39 Å². The first-order valence-electron chi connectivity index (χ1n) is 49.1. The zero-order chi connectivity index (χ0) is 99.8. The maximum Gasteiger partial charge on any atom is 0.165 e. The summed E-state index contributed by atoms with van der Waals surface area (Å²) in [6, 6.07) is 123. The van der Waals surface area contributed by atoms with Crippen LogP contribution in [0, 0.1) is 26.6 Å². The van der Waals surface area contributed by atoms with E-state index >= 15 is 0 Å². The highest BCUT2D eigenvalue weighted by Gasteiger charge is 2.36. The highest BCUT2D eigenvalue weighted by atomic mass is 19.1. The molecule has 4 aliphatic heterocycles. The highest BCUT2D eigenvalue weighted by Crippen LogP contribution is 2.58. The number of para-hydroxylation sites is 4. The number of ether oxygens (including phenoxy) is 8. The molecule has 722 valence electrons. The third-order valence-electron chi connectivity index (χ3n) is 26.9. The van der Waals surface area contributed by atoms with Gasteiger partial charge in [0.2, 0.25) is 0 Å². The minimum Gasteiger partial charge on any atom is -0.497 e. The standard InChI is InChI=1S/C38H38N2O2.C32H34N2O2.C28H25FN2O2.C28H26N2O2/c1-25(2)39-35-20-17-29(34-19-18-32(21-27(34)5)41-30-13-9-7-10-14-30)23-36(35)40(26(3)4)38-28(6)22-33(24-37(38)39)42-31-15-11-8-12-16-31;1-5-33-29-19-13-26(24-11-17-28(18-12-24)36-8-4)22-32(29)34(6-2)30-20-14-25(21-31(30)33)23-9-15-27(16-10-23)35-7-3;1-18-15-27(32-4)22(29)17-21(18)19-13-14-23-25(16-19)31(3)28-24(30(23)2)11-8-12-26(28)33-20-9-6-5-7-10-20;1-29-25-15-9-22(20-7-13-24(32-4)14-8-20)18-28(25)30(2)26-16-10-21(17-27(26)29)19-5-11-23(31-3)12-6-19/h7-26H,1-6H3;9-22H,5-8H2,1-4H3;5-17H,1-4H3;5-18H,1-4H3. The van der Waals surface area contributed by atoms with E-state index in [1.807, 2.05) is 186 Å². The summed E-state index contributed by atoms with van der Waals surface area (Å²) in [5.41, 5.74) is 35.6. The van der Waals surface area contributed by atoms with Crippen molar-refractivity contribution >= 4 is 91.0 Å². The van der Waals surface area contributed by atoms with Crippen LogP contribution in [0.2, 0.25) is 0 Å². The Hall–Kier alpha value is -16.5. The second-order valence-electron chi connectivity index (χ2n) is 36.5. The number of benzene rings is 17.